The minimum Gasteiger partial charge on any atom is -0.346 e. The topological polar surface area (TPSA) is 30.5 Å². The first-order chi connectivity index (χ1) is 16.0. The molecule has 0 amide bonds. The summed E-state index contributed by atoms with van der Waals surface area (Å²) in [6, 6.07) is 20.0. The zero-order valence-corrected chi connectivity index (χ0v) is 19.4. The summed E-state index contributed by atoms with van der Waals surface area (Å²) in [6.07, 6.45) is 5.23. The maximum Gasteiger partial charge on any atom is 0.284 e. The van der Waals surface area contributed by atoms with E-state index in [1.54, 1.807) is 12.2 Å². The Bertz CT molecular complexity index is 941. The number of rotatable bonds is 7. The highest BCUT2D eigenvalue weighted by Crippen LogP contribution is 2.31. The van der Waals surface area contributed by atoms with Crippen molar-refractivity contribution >= 4 is 23.0 Å². The number of hydrogen-bond donors (Lipinski definition) is 2. The van der Waals surface area contributed by atoms with Gasteiger partial charge >= 0.3 is 0 Å². The number of allylic oxidation sites excluding steroid dienone is 2. The largest absolute Gasteiger partial charge is 0.346 e. The molecule has 2 aromatic carbocycles. The lowest BCUT2D eigenvalue weighted by molar-refractivity contribution is 0.107. The molecule has 0 aromatic heterocycles. The number of halogens is 2. The third-order valence-corrected chi connectivity index (χ3v) is 6.46. The van der Waals surface area contributed by atoms with Crippen LogP contribution >= 0.6 is 12.2 Å². The second-order valence-corrected chi connectivity index (χ2v) is 8.82. The minimum atomic E-state index is -2.85. The van der Waals surface area contributed by atoms with E-state index in [1.807, 2.05) is 60.7 Å². The molecule has 33 heavy (non-hydrogen) atoms. The van der Waals surface area contributed by atoms with Crippen LogP contribution in [-0.2, 0) is 0 Å². The van der Waals surface area contributed by atoms with Crippen molar-refractivity contribution in [3.63, 3.8) is 0 Å². The zero-order valence-electron chi connectivity index (χ0n) is 18.5. The van der Waals surface area contributed by atoms with E-state index in [4.69, 9.17) is 12.2 Å². The van der Waals surface area contributed by atoms with E-state index in [-0.39, 0.29) is 12.0 Å². The van der Waals surface area contributed by atoms with Crippen molar-refractivity contribution in [2.75, 3.05) is 44.6 Å². The molecule has 1 fully saturated rings. The average molecular weight is 469 g/mol. The second kappa shape index (κ2) is 11.0. The van der Waals surface area contributed by atoms with Crippen LogP contribution in [0, 0.1) is 5.92 Å². The molecule has 1 aliphatic carbocycles. The van der Waals surface area contributed by atoms with Crippen molar-refractivity contribution < 1.29 is 8.78 Å². The van der Waals surface area contributed by atoms with E-state index in [2.05, 4.69) is 20.4 Å². The van der Waals surface area contributed by atoms with Crippen LogP contribution in [0.25, 0.3) is 0 Å². The van der Waals surface area contributed by atoms with E-state index in [0.717, 1.165) is 67.8 Å². The first-order valence-electron chi connectivity index (χ1n) is 11.4. The summed E-state index contributed by atoms with van der Waals surface area (Å²) in [4.78, 5) is 4.62. The molecule has 4 nitrogen and oxygen atoms in total. The molecule has 0 radical (unpaired) electrons. The number of nitrogens with zero attached hydrogens (tertiary/aromatic N) is 2. The lowest BCUT2D eigenvalue weighted by Crippen LogP contribution is -2.51. The van der Waals surface area contributed by atoms with Crippen LogP contribution in [0.2, 0.25) is 0 Å². The van der Waals surface area contributed by atoms with E-state index >= 15 is 0 Å². The smallest absolute Gasteiger partial charge is 0.284 e. The highest BCUT2D eigenvalue weighted by atomic mass is 32.1. The number of piperazine rings is 1. The molecule has 1 unspecified atom stereocenters. The van der Waals surface area contributed by atoms with Gasteiger partial charge in [0.2, 0.25) is 0 Å². The summed E-state index contributed by atoms with van der Waals surface area (Å²) in [5, 5.41) is 7.67. The number of alkyl halides is 2. The van der Waals surface area contributed by atoms with Gasteiger partial charge in [0.25, 0.3) is 5.92 Å². The van der Waals surface area contributed by atoms with Gasteiger partial charge in [0.05, 0.1) is 0 Å². The zero-order chi connectivity index (χ0) is 23.1. The fraction of sp³-hybridized carbons (Fsp3) is 0.346. The van der Waals surface area contributed by atoms with Crippen LogP contribution < -0.4 is 10.6 Å². The molecule has 0 saturated carbocycles. The fourth-order valence-electron chi connectivity index (χ4n) is 4.23. The van der Waals surface area contributed by atoms with Crippen LogP contribution in [0.15, 0.2) is 85.0 Å². The van der Waals surface area contributed by atoms with Crippen LogP contribution in [0.5, 0.6) is 0 Å². The van der Waals surface area contributed by atoms with Crippen molar-refractivity contribution in [3.05, 3.63) is 90.5 Å². The van der Waals surface area contributed by atoms with Gasteiger partial charge in [-0.15, -0.1) is 0 Å². The lowest BCUT2D eigenvalue weighted by atomic mass is 9.89. The molecule has 2 N–H and O–H groups in total. The number of thiocarbonyl (C=S) groups is 1. The van der Waals surface area contributed by atoms with Crippen molar-refractivity contribution in [1.82, 2.24) is 15.1 Å². The van der Waals surface area contributed by atoms with Crippen LogP contribution in [0.1, 0.15) is 11.6 Å². The van der Waals surface area contributed by atoms with E-state index in [1.165, 1.54) is 0 Å². The third kappa shape index (κ3) is 6.69. The summed E-state index contributed by atoms with van der Waals surface area (Å²) >= 11 is 5.58. The summed E-state index contributed by atoms with van der Waals surface area (Å²) in [7, 11) is 0. The lowest BCUT2D eigenvalue weighted by Gasteiger charge is -2.36. The standard InChI is InChI=1S/C26H30F2N4S/c27-26(28)13-11-22(12-14-26)24(21-7-3-1-4-8-21)29-15-16-31-17-19-32(20-18-31)25(33)30-23-9-5-2-6-10-23/h1-14,22,24,29H,15-20H2,(H,30,33). The van der Waals surface area contributed by atoms with Gasteiger partial charge in [-0.25, -0.2) is 0 Å². The molecule has 174 valence electrons. The maximum absolute atomic E-state index is 13.5. The Morgan fingerprint density at radius 1 is 0.939 bits per heavy atom. The molecular formula is C26H30F2N4S. The van der Waals surface area contributed by atoms with Gasteiger partial charge in [-0.3, -0.25) is 4.90 Å². The fourth-order valence-corrected chi connectivity index (χ4v) is 4.53. The Hall–Kier alpha value is -2.61. The third-order valence-electron chi connectivity index (χ3n) is 6.10. The predicted molar refractivity (Wildman–Crippen MR) is 135 cm³/mol. The first-order valence-corrected chi connectivity index (χ1v) is 11.8. The number of nitrogens with one attached hydrogen (secondary N) is 2. The highest BCUT2D eigenvalue weighted by molar-refractivity contribution is 7.80. The van der Waals surface area contributed by atoms with Crippen molar-refractivity contribution in [1.29, 1.82) is 0 Å². The summed E-state index contributed by atoms with van der Waals surface area (Å²) in [5.41, 5.74) is 2.11. The Kier molecular flexibility index (Phi) is 7.85. The molecule has 1 heterocycles. The van der Waals surface area contributed by atoms with Crippen molar-refractivity contribution in [2.45, 2.75) is 12.0 Å². The Morgan fingerprint density at radius 2 is 1.55 bits per heavy atom. The van der Waals surface area contributed by atoms with Gasteiger partial charge in [0.15, 0.2) is 5.11 Å². The molecule has 7 heteroatoms. The number of benzene rings is 2. The summed E-state index contributed by atoms with van der Waals surface area (Å²) < 4.78 is 27.1. The van der Waals surface area contributed by atoms with Crippen LogP contribution in [0.3, 0.4) is 0 Å². The maximum atomic E-state index is 13.5. The van der Waals surface area contributed by atoms with Crippen LogP contribution in [0.4, 0.5) is 14.5 Å². The molecule has 1 aliphatic heterocycles. The van der Waals surface area contributed by atoms with Crippen LogP contribution in [-0.4, -0.2) is 60.1 Å². The second-order valence-electron chi connectivity index (χ2n) is 8.44. The monoisotopic (exact) mass is 468 g/mol. The predicted octanol–water partition coefficient (Wildman–Crippen LogP) is 4.71. The molecule has 0 spiro atoms. The molecule has 2 aliphatic rings. The first kappa shape index (κ1) is 23.5. The normalized spacial score (nSPS) is 19.4. The number of anilines is 1. The Balaban J connectivity index is 1.26. The molecular weight excluding hydrogens is 438 g/mol. The van der Waals surface area contributed by atoms with Gasteiger partial charge in [-0.05, 0) is 42.1 Å². The van der Waals surface area contributed by atoms with Crippen molar-refractivity contribution in [3.8, 4) is 0 Å². The molecule has 4 rings (SSSR count). The van der Waals surface area contributed by atoms with E-state index in [0.29, 0.717) is 0 Å². The van der Waals surface area contributed by atoms with E-state index < -0.39 is 5.92 Å². The number of para-hydroxylation sites is 1. The molecule has 1 saturated heterocycles. The van der Waals surface area contributed by atoms with Gasteiger partial charge in [0.1, 0.15) is 0 Å². The number of hydrogen-bond acceptors (Lipinski definition) is 3. The average Bonchev–Trinajstić information content (AvgIpc) is 2.84. The SMILES string of the molecule is FC1(F)C=CC(C(NCCN2CCN(C(=S)Nc3ccccc3)CC2)c2ccccc2)C=C1. The molecule has 1 atom stereocenters. The summed E-state index contributed by atoms with van der Waals surface area (Å²) in [6.45, 7) is 5.30. The van der Waals surface area contributed by atoms with Gasteiger partial charge in [-0.2, -0.15) is 8.78 Å². The van der Waals surface area contributed by atoms with Gasteiger partial charge in [-0.1, -0.05) is 60.7 Å². The summed E-state index contributed by atoms with van der Waals surface area (Å²) in [5.74, 6) is -2.96. The Morgan fingerprint density at radius 3 is 2.18 bits per heavy atom. The van der Waals surface area contributed by atoms with E-state index in [9.17, 15) is 8.78 Å². The molecule has 2 aromatic rings. The quantitative estimate of drug-likeness (QED) is 0.454. The van der Waals surface area contributed by atoms with Gasteiger partial charge < -0.3 is 15.5 Å². The molecule has 0 bridgehead atoms. The highest BCUT2D eigenvalue weighted by Gasteiger charge is 2.28. The van der Waals surface area contributed by atoms with Crippen molar-refractivity contribution in [2.24, 2.45) is 5.92 Å². The Labute approximate surface area is 200 Å². The minimum absolute atomic E-state index is 0.0428. The van der Waals surface area contributed by atoms with Gasteiger partial charge in [0, 0.05) is 56.9 Å².